The van der Waals surface area contributed by atoms with E-state index in [2.05, 4.69) is 43.8 Å². The normalized spacial score (nSPS) is 16.6. The summed E-state index contributed by atoms with van der Waals surface area (Å²) in [5, 5.41) is 0. The second kappa shape index (κ2) is 9.80. The van der Waals surface area contributed by atoms with Crippen molar-refractivity contribution in [3.05, 3.63) is 60.9 Å². The van der Waals surface area contributed by atoms with Gasteiger partial charge in [-0.2, -0.15) is 0 Å². The Morgan fingerprint density at radius 3 is 2.45 bits per heavy atom. The number of para-hydroxylation sites is 3. The second-order valence-corrected chi connectivity index (χ2v) is 10.1. The van der Waals surface area contributed by atoms with Crippen LogP contribution in [0.3, 0.4) is 0 Å². The minimum absolute atomic E-state index is 0.0491. The summed E-state index contributed by atoms with van der Waals surface area (Å²) in [4.78, 5) is 9.15. The SMILES string of the molecule is C[C@H](CCN1CCN(c2ccccc2)CC1)NS(=O)(=O)CCn1cnc2ccccc21. The van der Waals surface area contributed by atoms with Gasteiger partial charge in [-0.15, -0.1) is 0 Å². The Labute approximate surface area is 184 Å². The molecule has 2 aromatic carbocycles. The van der Waals surface area contributed by atoms with Crippen LogP contribution in [0.25, 0.3) is 11.0 Å². The van der Waals surface area contributed by atoms with Crippen LogP contribution in [0, 0.1) is 0 Å². The van der Waals surface area contributed by atoms with Gasteiger partial charge in [0.2, 0.25) is 10.0 Å². The number of fused-ring (bicyclic) bond motifs is 1. The van der Waals surface area contributed by atoms with Crippen LogP contribution < -0.4 is 9.62 Å². The molecule has 3 aromatic rings. The van der Waals surface area contributed by atoms with Crippen LogP contribution in [0.5, 0.6) is 0 Å². The molecule has 1 aliphatic heterocycles. The number of aromatic nitrogens is 2. The highest BCUT2D eigenvalue weighted by Gasteiger charge is 2.19. The third kappa shape index (κ3) is 5.84. The van der Waals surface area contributed by atoms with Gasteiger partial charge >= 0.3 is 0 Å². The minimum atomic E-state index is -3.35. The van der Waals surface area contributed by atoms with Crippen molar-refractivity contribution in [1.82, 2.24) is 19.2 Å². The molecular formula is C23H31N5O2S. The van der Waals surface area contributed by atoms with E-state index < -0.39 is 10.0 Å². The highest BCUT2D eigenvalue weighted by Crippen LogP contribution is 2.16. The Morgan fingerprint density at radius 1 is 0.968 bits per heavy atom. The first-order valence-electron chi connectivity index (χ1n) is 10.9. The molecule has 4 rings (SSSR count). The predicted octanol–water partition coefficient (Wildman–Crippen LogP) is 2.56. The molecule has 0 saturated carbocycles. The van der Waals surface area contributed by atoms with E-state index >= 15 is 0 Å². The molecule has 0 spiro atoms. The van der Waals surface area contributed by atoms with E-state index in [4.69, 9.17) is 0 Å². The Kier molecular flexibility index (Phi) is 6.89. The van der Waals surface area contributed by atoms with Crippen LogP contribution in [-0.2, 0) is 16.6 Å². The van der Waals surface area contributed by atoms with Crippen LogP contribution in [0.1, 0.15) is 13.3 Å². The van der Waals surface area contributed by atoms with E-state index in [1.165, 1.54) is 5.69 Å². The average Bonchev–Trinajstić information content (AvgIpc) is 3.20. The number of benzene rings is 2. The monoisotopic (exact) mass is 441 g/mol. The van der Waals surface area contributed by atoms with Gasteiger partial charge in [0.05, 0.1) is 23.1 Å². The number of rotatable bonds is 9. The summed E-state index contributed by atoms with van der Waals surface area (Å²) < 4.78 is 29.9. The van der Waals surface area contributed by atoms with Crippen molar-refractivity contribution >= 4 is 26.7 Å². The summed E-state index contributed by atoms with van der Waals surface area (Å²) in [5.74, 6) is 0.0491. The van der Waals surface area contributed by atoms with Crippen LogP contribution in [0.15, 0.2) is 60.9 Å². The molecule has 7 nitrogen and oxygen atoms in total. The summed E-state index contributed by atoms with van der Waals surface area (Å²) in [6.45, 7) is 7.25. The molecule has 1 aromatic heterocycles. The predicted molar refractivity (Wildman–Crippen MR) is 126 cm³/mol. The number of nitrogens with one attached hydrogen (secondary N) is 1. The smallest absolute Gasteiger partial charge is 0.213 e. The lowest BCUT2D eigenvalue weighted by molar-refractivity contribution is 0.248. The standard InChI is InChI=1S/C23H31N5O2S/c1-20(11-12-26-13-15-27(16-14-26)21-7-3-2-4-8-21)25-31(29,30)18-17-28-19-24-22-9-5-6-10-23(22)28/h2-10,19-20,25H,11-18H2,1H3/t20-/m1/s1. The maximum absolute atomic E-state index is 12.6. The highest BCUT2D eigenvalue weighted by atomic mass is 32.2. The van der Waals surface area contributed by atoms with Crippen LogP contribution in [0.4, 0.5) is 5.69 Å². The number of anilines is 1. The number of hydrogen-bond donors (Lipinski definition) is 1. The molecule has 2 heterocycles. The van der Waals surface area contributed by atoms with E-state index in [1.54, 1.807) is 6.33 Å². The van der Waals surface area contributed by atoms with E-state index in [-0.39, 0.29) is 11.8 Å². The van der Waals surface area contributed by atoms with Gasteiger partial charge in [-0.05, 0) is 44.2 Å². The third-order valence-corrected chi connectivity index (χ3v) is 7.36. The molecule has 1 aliphatic rings. The Balaban J connectivity index is 1.20. The summed E-state index contributed by atoms with van der Waals surface area (Å²) in [5.41, 5.74) is 3.11. The van der Waals surface area contributed by atoms with Crippen LogP contribution in [0.2, 0.25) is 0 Å². The van der Waals surface area contributed by atoms with E-state index in [0.29, 0.717) is 6.54 Å². The fourth-order valence-corrected chi connectivity index (χ4v) is 5.36. The van der Waals surface area contributed by atoms with Crippen molar-refractivity contribution in [2.45, 2.75) is 25.9 Å². The lowest BCUT2D eigenvalue weighted by Crippen LogP contribution is -2.47. The summed E-state index contributed by atoms with van der Waals surface area (Å²) in [7, 11) is -3.35. The molecule has 1 fully saturated rings. The number of aryl methyl sites for hydroxylation is 1. The number of nitrogens with zero attached hydrogens (tertiary/aromatic N) is 4. The molecule has 0 bridgehead atoms. The van der Waals surface area contributed by atoms with Gasteiger partial charge in [-0.1, -0.05) is 30.3 Å². The number of sulfonamides is 1. The maximum atomic E-state index is 12.6. The maximum Gasteiger partial charge on any atom is 0.213 e. The third-order valence-electron chi connectivity index (χ3n) is 5.88. The molecule has 1 saturated heterocycles. The Hall–Kier alpha value is -2.42. The van der Waals surface area contributed by atoms with Crippen molar-refractivity contribution < 1.29 is 8.42 Å². The summed E-state index contributed by atoms with van der Waals surface area (Å²) in [6, 6.07) is 18.2. The summed E-state index contributed by atoms with van der Waals surface area (Å²) in [6.07, 6.45) is 2.51. The molecule has 166 valence electrons. The van der Waals surface area contributed by atoms with Crippen LogP contribution >= 0.6 is 0 Å². The zero-order valence-corrected chi connectivity index (χ0v) is 18.8. The van der Waals surface area contributed by atoms with Gasteiger partial charge < -0.3 is 9.47 Å². The van der Waals surface area contributed by atoms with Crippen molar-refractivity contribution in [2.75, 3.05) is 43.4 Å². The average molecular weight is 442 g/mol. The molecule has 0 radical (unpaired) electrons. The fourth-order valence-electron chi connectivity index (χ4n) is 4.08. The lowest BCUT2D eigenvalue weighted by atomic mass is 10.2. The second-order valence-electron chi connectivity index (χ2n) is 8.22. The van der Waals surface area contributed by atoms with E-state index in [0.717, 1.165) is 50.2 Å². The van der Waals surface area contributed by atoms with E-state index in [1.807, 2.05) is 41.8 Å². The van der Waals surface area contributed by atoms with Crippen molar-refractivity contribution in [2.24, 2.45) is 0 Å². The van der Waals surface area contributed by atoms with Crippen molar-refractivity contribution in [3.63, 3.8) is 0 Å². The Bertz CT molecular complexity index is 1080. The quantitative estimate of drug-likeness (QED) is 0.553. The minimum Gasteiger partial charge on any atom is -0.369 e. The van der Waals surface area contributed by atoms with Crippen molar-refractivity contribution in [1.29, 1.82) is 0 Å². The molecule has 31 heavy (non-hydrogen) atoms. The zero-order valence-electron chi connectivity index (χ0n) is 18.0. The number of hydrogen-bond acceptors (Lipinski definition) is 5. The van der Waals surface area contributed by atoms with Gasteiger partial charge in [-0.3, -0.25) is 4.90 Å². The molecule has 0 amide bonds. The van der Waals surface area contributed by atoms with Crippen molar-refractivity contribution in [3.8, 4) is 0 Å². The molecular weight excluding hydrogens is 410 g/mol. The van der Waals surface area contributed by atoms with Gasteiger partial charge in [0, 0.05) is 44.5 Å². The van der Waals surface area contributed by atoms with Gasteiger partial charge in [-0.25, -0.2) is 18.1 Å². The van der Waals surface area contributed by atoms with E-state index in [9.17, 15) is 8.42 Å². The first kappa shape index (κ1) is 21.8. The summed E-state index contributed by atoms with van der Waals surface area (Å²) >= 11 is 0. The lowest BCUT2D eigenvalue weighted by Gasteiger charge is -2.36. The molecule has 0 unspecified atom stereocenters. The number of piperazine rings is 1. The molecule has 1 atom stereocenters. The molecule has 0 aliphatic carbocycles. The highest BCUT2D eigenvalue weighted by molar-refractivity contribution is 7.89. The zero-order chi connectivity index (χ0) is 21.7. The first-order valence-corrected chi connectivity index (χ1v) is 12.6. The Morgan fingerprint density at radius 2 is 1.68 bits per heavy atom. The topological polar surface area (TPSA) is 70.5 Å². The largest absolute Gasteiger partial charge is 0.369 e. The molecule has 8 heteroatoms. The first-order chi connectivity index (χ1) is 15.0. The van der Waals surface area contributed by atoms with Gasteiger partial charge in [0.1, 0.15) is 0 Å². The number of imidazole rings is 1. The fraction of sp³-hybridized carbons (Fsp3) is 0.435. The van der Waals surface area contributed by atoms with Crippen LogP contribution in [-0.4, -0.2) is 67.4 Å². The molecule has 1 N–H and O–H groups in total. The van der Waals surface area contributed by atoms with Gasteiger partial charge in [0.25, 0.3) is 0 Å². The van der Waals surface area contributed by atoms with Gasteiger partial charge in [0.15, 0.2) is 0 Å².